The number of fused-ring (bicyclic) bond motifs is 1. The molecule has 0 aromatic heterocycles. The van der Waals surface area contributed by atoms with Crippen LogP contribution in [-0.2, 0) is 6.42 Å². The van der Waals surface area contributed by atoms with Gasteiger partial charge in [-0.25, -0.2) is 0 Å². The molecule has 1 N–H and O–H groups in total. The number of ether oxygens (including phenoxy) is 1. The van der Waals surface area contributed by atoms with Crippen LogP contribution >= 0.6 is 0 Å². The minimum atomic E-state index is 0.626. The predicted molar refractivity (Wildman–Crippen MR) is 88.2 cm³/mol. The minimum Gasteiger partial charge on any atom is -0.494 e. The Morgan fingerprint density at radius 2 is 1.90 bits per heavy atom. The van der Waals surface area contributed by atoms with Crippen LogP contribution in [0.1, 0.15) is 36.8 Å². The van der Waals surface area contributed by atoms with Crippen LogP contribution in [0.25, 0.3) is 0 Å². The number of benzene rings is 2. The number of hydrogen-bond donors (Lipinski definition) is 1. The molecule has 21 heavy (non-hydrogen) atoms. The fourth-order valence-electron chi connectivity index (χ4n) is 3.14. The summed E-state index contributed by atoms with van der Waals surface area (Å²) in [6, 6.07) is 17.1. The molecule has 2 heteroatoms. The van der Waals surface area contributed by atoms with Crippen molar-refractivity contribution in [3.63, 3.8) is 0 Å². The highest BCUT2D eigenvalue weighted by atomic mass is 16.5. The molecule has 1 atom stereocenters. The van der Waals surface area contributed by atoms with Crippen LogP contribution in [0.15, 0.2) is 48.5 Å². The van der Waals surface area contributed by atoms with E-state index in [0.29, 0.717) is 12.5 Å². The number of hydrogen-bond acceptors (Lipinski definition) is 2. The first-order chi connectivity index (χ1) is 10.4. The first-order valence-corrected chi connectivity index (χ1v) is 7.91. The van der Waals surface area contributed by atoms with Gasteiger partial charge in [0.25, 0.3) is 0 Å². The summed E-state index contributed by atoms with van der Waals surface area (Å²) >= 11 is 0. The molecule has 0 fully saturated rings. The molecule has 110 valence electrons. The van der Waals surface area contributed by atoms with Crippen LogP contribution < -0.4 is 10.1 Å². The van der Waals surface area contributed by atoms with E-state index in [1.165, 1.54) is 36.1 Å². The predicted octanol–water partition coefficient (Wildman–Crippen LogP) is 4.62. The molecule has 0 radical (unpaired) electrons. The van der Waals surface area contributed by atoms with Crippen molar-refractivity contribution in [2.45, 2.75) is 32.1 Å². The Labute approximate surface area is 127 Å². The van der Waals surface area contributed by atoms with Gasteiger partial charge in [0.1, 0.15) is 5.75 Å². The molecule has 3 rings (SSSR count). The molecule has 0 heterocycles. The third-order valence-corrected chi connectivity index (χ3v) is 4.21. The minimum absolute atomic E-state index is 0.626. The Balaban J connectivity index is 1.63. The number of aryl methyl sites for hydroxylation is 1. The summed E-state index contributed by atoms with van der Waals surface area (Å²) < 4.78 is 5.47. The van der Waals surface area contributed by atoms with Gasteiger partial charge in [-0.2, -0.15) is 0 Å². The second kappa shape index (κ2) is 6.66. The molecule has 0 saturated carbocycles. The molecule has 1 aliphatic carbocycles. The number of nitrogens with one attached hydrogen (secondary N) is 1. The summed E-state index contributed by atoms with van der Waals surface area (Å²) in [6.45, 7) is 3.73. The maximum atomic E-state index is 5.47. The zero-order chi connectivity index (χ0) is 14.5. The molecule has 0 amide bonds. The van der Waals surface area contributed by atoms with Gasteiger partial charge in [-0.05, 0) is 61.6 Å². The van der Waals surface area contributed by atoms with Crippen molar-refractivity contribution in [1.82, 2.24) is 0 Å². The Kier molecular flexibility index (Phi) is 4.44. The molecule has 0 saturated heterocycles. The van der Waals surface area contributed by atoms with Gasteiger partial charge in [0.15, 0.2) is 0 Å². The van der Waals surface area contributed by atoms with Crippen LogP contribution in [0.3, 0.4) is 0 Å². The van der Waals surface area contributed by atoms with E-state index in [4.69, 9.17) is 4.74 Å². The fourth-order valence-corrected chi connectivity index (χ4v) is 3.14. The Hall–Kier alpha value is -1.96. The van der Waals surface area contributed by atoms with Gasteiger partial charge in [0.05, 0.1) is 6.61 Å². The third kappa shape index (κ3) is 3.38. The normalized spacial score (nSPS) is 17.1. The molecule has 0 bridgehead atoms. The summed E-state index contributed by atoms with van der Waals surface area (Å²) in [5, 5.41) is 3.57. The molecular formula is C19H23NO. The Morgan fingerprint density at radius 1 is 1.10 bits per heavy atom. The second-order valence-corrected chi connectivity index (χ2v) is 5.63. The van der Waals surface area contributed by atoms with Crippen LogP contribution in [-0.4, -0.2) is 13.2 Å². The molecule has 1 aliphatic rings. The average Bonchev–Trinajstić information content (AvgIpc) is 2.54. The summed E-state index contributed by atoms with van der Waals surface area (Å²) in [5.41, 5.74) is 4.23. The topological polar surface area (TPSA) is 21.3 Å². The van der Waals surface area contributed by atoms with E-state index in [-0.39, 0.29) is 0 Å². The van der Waals surface area contributed by atoms with Gasteiger partial charge in [-0.3, -0.25) is 0 Å². The fraction of sp³-hybridized carbons (Fsp3) is 0.368. The Morgan fingerprint density at radius 3 is 2.71 bits per heavy atom. The lowest BCUT2D eigenvalue weighted by molar-refractivity contribution is 0.340. The SMILES string of the molecule is CCOc1ccc(NCC2CCCc3ccccc32)cc1. The molecule has 2 nitrogen and oxygen atoms in total. The first-order valence-electron chi connectivity index (χ1n) is 7.91. The van der Waals surface area contributed by atoms with Gasteiger partial charge >= 0.3 is 0 Å². The van der Waals surface area contributed by atoms with Crippen LogP contribution in [0.4, 0.5) is 5.69 Å². The van der Waals surface area contributed by atoms with Gasteiger partial charge in [-0.1, -0.05) is 24.3 Å². The smallest absolute Gasteiger partial charge is 0.119 e. The van der Waals surface area contributed by atoms with Gasteiger partial charge in [-0.15, -0.1) is 0 Å². The van der Waals surface area contributed by atoms with Crippen LogP contribution in [0, 0.1) is 0 Å². The van der Waals surface area contributed by atoms with Crippen molar-refractivity contribution in [3.05, 3.63) is 59.7 Å². The van der Waals surface area contributed by atoms with Crippen molar-refractivity contribution in [3.8, 4) is 5.75 Å². The van der Waals surface area contributed by atoms with Crippen LogP contribution in [0.2, 0.25) is 0 Å². The van der Waals surface area contributed by atoms with E-state index in [1.807, 2.05) is 19.1 Å². The Bertz CT molecular complexity index is 576. The highest BCUT2D eigenvalue weighted by Crippen LogP contribution is 2.31. The van der Waals surface area contributed by atoms with Crippen LogP contribution in [0.5, 0.6) is 5.75 Å². The largest absolute Gasteiger partial charge is 0.494 e. The second-order valence-electron chi connectivity index (χ2n) is 5.63. The van der Waals surface area contributed by atoms with Crippen molar-refractivity contribution in [2.24, 2.45) is 0 Å². The lowest BCUT2D eigenvalue weighted by atomic mass is 9.83. The van der Waals surface area contributed by atoms with E-state index < -0.39 is 0 Å². The van der Waals surface area contributed by atoms with Crippen molar-refractivity contribution in [1.29, 1.82) is 0 Å². The maximum Gasteiger partial charge on any atom is 0.119 e. The molecule has 2 aromatic carbocycles. The van der Waals surface area contributed by atoms with Crippen molar-refractivity contribution in [2.75, 3.05) is 18.5 Å². The quantitative estimate of drug-likeness (QED) is 0.863. The van der Waals surface area contributed by atoms with Crippen molar-refractivity contribution < 1.29 is 4.74 Å². The molecular weight excluding hydrogens is 258 g/mol. The zero-order valence-corrected chi connectivity index (χ0v) is 12.6. The highest BCUT2D eigenvalue weighted by Gasteiger charge is 2.19. The first kappa shape index (κ1) is 14.0. The monoisotopic (exact) mass is 281 g/mol. The van der Waals surface area contributed by atoms with E-state index >= 15 is 0 Å². The van der Waals surface area contributed by atoms with Gasteiger partial charge in [0.2, 0.25) is 0 Å². The summed E-state index contributed by atoms with van der Waals surface area (Å²) in [7, 11) is 0. The zero-order valence-electron chi connectivity index (χ0n) is 12.6. The third-order valence-electron chi connectivity index (χ3n) is 4.21. The molecule has 2 aromatic rings. The summed E-state index contributed by atoms with van der Waals surface area (Å²) in [5.74, 6) is 1.56. The lowest BCUT2D eigenvalue weighted by Gasteiger charge is -2.26. The van der Waals surface area contributed by atoms with E-state index in [0.717, 1.165) is 12.3 Å². The van der Waals surface area contributed by atoms with E-state index in [1.54, 1.807) is 0 Å². The number of anilines is 1. The average molecular weight is 281 g/mol. The standard InChI is InChI=1S/C19H23NO/c1-2-21-18-12-10-17(11-13-18)20-14-16-8-5-7-15-6-3-4-9-19(15)16/h3-4,6,9-13,16,20H,2,5,7-8,14H2,1H3. The molecule has 1 unspecified atom stereocenters. The van der Waals surface area contributed by atoms with Crippen molar-refractivity contribution >= 4 is 5.69 Å². The van der Waals surface area contributed by atoms with Gasteiger partial charge < -0.3 is 10.1 Å². The molecule has 0 aliphatic heterocycles. The summed E-state index contributed by atoms with van der Waals surface area (Å²) in [6.07, 6.45) is 3.81. The number of rotatable bonds is 5. The van der Waals surface area contributed by atoms with E-state index in [9.17, 15) is 0 Å². The lowest BCUT2D eigenvalue weighted by Crippen LogP contribution is -2.18. The highest BCUT2D eigenvalue weighted by molar-refractivity contribution is 5.47. The van der Waals surface area contributed by atoms with E-state index in [2.05, 4.69) is 41.7 Å². The maximum absolute atomic E-state index is 5.47. The van der Waals surface area contributed by atoms with Gasteiger partial charge in [0, 0.05) is 18.2 Å². The molecule has 0 spiro atoms. The summed E-state index contributed by atoms with van der Waals surface area (Å²) in [4.78, 5) is 0.